The number of hydrogen-bond donors (Lipinski definition) is 2. The third kappa shape index (κ3) is 7.04. The molecule has 0 bridgehead atoms. The first-order chi connectivity index (χ1) is 16.9. The van der Waals surface area contributed by atoms with Crippen molar-refractivity contribution in [2.75, 3.05) is 18.4 Å². The molecule has 7 nitrogen and oxygen atoms in total. The Balaban J connectivity index is 1.63. The van der Waals surface area contributed by atoms with Crippen molar-refractivity contribution in [3.8, 4) is 0 Å². The fraction of sp³-hybridized carbons (Fsp3) is 0.350. The molecule has 0 saturated carbocycles. The van der Waals surface area contributed by atoms with E-state index in [1.54, 1.807) is 10.8 Å². The molecule has 1 atom stereocenters. The number of nitrogens with one attached hydrogen (secondary N) is 2. The van der Waals surface area contributed by atoms with Crippen molar-refractivity contribution in [3.63, 3.8) is 0 Å². The Kier molecular flexibility index (Phi) is 7.72. The Bertz CT molecular complexity index is 1230. The van der Waals surface area contributed by atoms with Gasteiger partial charge in [-0.25, -0.2) is 18.7 Å². The predicted molar refractivity (Wildman–Crippen MR) is 108 cm³/mol. The highest BCUT2D eigenvalue weighted by Gasteiger charge is 2.38. The Morgan fingerprint density at radius 2 is 1.43 bits per heavy atom. The Hall–Kier alpha value is -3.05. The van der Waals surface area contributed by atoms with Gasteiger partial charge in [-0.1, -0.05) is 6.07 Å². The summed E-state index contributed by atoms with van der Waals surface area (Å²) in [4.78, 5) is 16.3. The molecule has 1 aliphatic heterocycles. The number of nitrogens with zero attached hydrogens (tertiary/aromatic N) is 1. The van der Waals surface area contributed by atoms with Gasteiger partial charge in [-0.15, -0.1) is 0 Å². The van der Waals surface area contributed by atoms with Gasteiger partial charge in [0.1, 0.15) is 6.10 Å². The largest absolute Gasteiger partial charge is 0.416 e. The molecule has 0 aliphatic carbocycles. The highest BCUT2D eigenvalue weighted by Crippen LogP contribution is 2.37. The predicted octanol–water partition coefficient (Wildman–Crippen LogP) is 5.26. The summed E-state index contributed by atoms with van der Waals surface area (Å²) < 4.78 is 142. The van der Waals surface area contributed by atoms with Crippen LogP contribution in [0.1, 0.15) is 23.1 Å². The highest BCUT2D eigenvalue weighted by atomic mass is 32.2. The minimum absolute atomic E-state index is 0.0275. The summed E-state index contributed by atoms with van der Waals surface area (Å²) >= 11 is 0. The second-order valence-corrected chi connectivity index (χ2v) is 9.71. The van der Waals surface area contributed by atoms with Gasteiger partial charge >= 0.3 is 24.6 Å². The van der Waals surface area contributed by atoms with Gasteiger partial charge in [0.2, 0.25) is 10.0 Å². The first-order valence-electron chi connectivity index (χ1n) is 10.1. The first-order valence-corrected chi connectivity index (χ1v) is 11.5. The molecule has 1 aliphatic rings. The number of carbonyl (C=O) groups is 1. The molecule has 17 heteroatoms. The Morgan fingerprint density at radius 1 is 0.865 bits per heavy atom. The smallest absolute Gasteiger partial charge is 0.306 e. The van der Waals surface area contributed by atoms with E-state index in [1.165, 1.54) is 0 Å². The topological polar surface area (TPSA) is 87.7 Å². The molecule has 2 aromatic carbocycles. The van der Waals surface area contributed by atoms with Crippen LogP contribution in [-0.4, -0.2) is 37.9 Å². The van der Waals surface area contributed by atoms with Crippen LogP contribution < -0.4 is 10.8 Å². The lowest BCUT2D eigenvalue weighted by atomic mass is 10.1. The normalized spacial score (nSPS) is 17.6. The average Bonchev–Trinajstić information content (AvgIpc) is 3.26. The van der Waals surface area contributed by atoms with Crippen LogP contribution in [0.15, 0.2) is 47.4 Å². The molecule has 1 unspecified atom stereocenters. The van der Waals surface area contributed by atoms with E-state index in [-0.39, 0.29) is 31.2 Å². The van der Waals surface area contributed by atoms with Crippen molar-refractivity contribution in [2.24, 2.45) is 0 Å². The van der Waals surface area contributed by atoms with Crippen molar-refractivity contribution in [2.45, 2.75) is 35.9 Å². The summed E-state index contributed by atoms with van der Waals surface area (Å²) in [6, 6.07) is 2.10. The third-order valence-corrected chi connectivity index (χ3v) is 6.93. The van der Waals surface area contributed by atoms with Gasteiger partial charge in [-0.05, 0) is 42.8 Å². The summed E-state index contributed by atoms with van der Waals surface area (Å²) in [6.07, 6.45) is -16.1. The number of amides is 2. The molecule has 0 aromatic heterocycles. The third-order valence-electron chi connectivity index (χ3n) is 5.07. The maximum absolute atomic E-state index is 12.9. The second kappa shape index (κ2) is 10.0. The monoisotopic (exact) mass is 565 g/mol. The van der Waals surface area contributed by atoms with Gasteiger partial charge in [-0.2, -0.15) is 43.8 Å². The number of urea groups is 1. The molecule has 1 heterocycles. The van der Waals surface area contributed by atoms with E-state index in [0.29, 0.717) is 12.1 Å². The van der Waals surface area contributed by atoms with Crippen molar-refractivity contribution in [1.82, 2.24) is 9.79 Å². The van der Waals surface area contributed by atoms with E-state index in [4.69, 9.17) is 4.84 Å². The van der Waals surface area contributed by atoms with E-state index in [9.17, 15) is 52.7 Å². The van der Waals surface area contributed by atoms with E-state index in [1.807, 2.05) is 0 Å². The molecule has 2 aromatic rings. The van der Waals surface area contributed by atoms with Crippen molar-refractivity contribution < 1.29 is 57.6 Å². The SMILES string of the molecule is O=C(NOC1CCN(S(=O)(=O)c2cccc(C(F)(F)F)c2)C1)Nc1cc(C(F)(F)F)cc(C(F)(F)F)c1. The number of hydroxylamine groups is 1. The fourth-order valence-electron chi connectivity index (χ4n) is 3.31. The lowest BCUT2D eigenvalue weighted by Crippen LogP contribution is -2.36. The Labute approximate surface area is 203 Å². The highest BCUT2D eigenvalue weighted by molar-refractivity contribution is 7.89. The number of sulfonamides is 1. The van der Waals surface area contributed by atoms with Crippen LogP contribution in [0.25, 0.3) is 0 Å². The van der Waals surface area contributed by atoms with Gasteiger partial charge in [0.05, 0.1) is 21.6 Å². The lowest BCUT2D eigenvalue weighted by Gasteiger charge is -2.18. The van der Waals surface area contributed by atoms with E-state index in [0.717, 1.165) is 16.4 Å². The molecule has 204 valence electrons. The first kappa shape index (κ1) is 28.5. The Morgan fingerprint density at radius 3 is 1.97 bits per heavy atom. The molecular formula is C20H16F9N3O4S. The molecule has 3 rings (SSSR count). The van der Waals surface area contributed by atoms with Crippen LogP contribution in [0.2, 0.25) is 0 Å². The summed E-state index contributed by atoms with van der Waals surface area (Å²) in [7, 11) is -4.37. The zero-order valence-electron chi connectivity index (χ0n) is 18.1. The number of carbonyl (C=O) groups excluding carboxylic acids is 1. The van der Waals surface area contributed by atoms with Crippen molar-refractivity contribution in [3.05, 3.63) is 59.2 Å². The minimum Gasteiger partial charge on any atom is -0.306 e. The van der Waals surface area contributed by atoms with Gasteiger partial charge in [0.15, 0.2) is 0 Å². The molecule has 1 saturated heterocycles. The molecule has 37 heavy (non-hydrogen) atoms. The molecule has 0 spiro atoms. The van der Waals surface area contributed by atoms with Gasteiger partial charge < -0.3 is 5.32 Å². The van der Waals surface area contributed by atoms with Gasteiger partial charge in [-0.3, -0.25) is 4.84 Å². The van der Waals surface area contributed by atoms with E-state index < -0.39 is 74.5 Å². The summed E-state index contributed by atoms with van der Waals surface area (Å²) in [5.41, 5.74) is -3.60. The minimum atomic E-state index is -5.14. The average molecular weight is 565 g/mol. The zero-order chi connectivity index (χ0) is 27.8. The quantitative estimate of drug-likeness (QED) is 0.383. The zero-order valence-corrected chi connectivity index (χ0v) is 18.9. The summed E-state index contributed by atoms with van der Waals surface area (Å²) in [6.45, 7) is -0.601. The van der Waals surface area contributed by atoms with Crippen molar-refractivity contribution in [1.29, 1.82) is 0 Å². The number of anilines is 1. The lowest BCUT2D eigenvalue weighted by molar-refractivity contribution is -0.143. The maximum Gasteiger partial charge on any atom is 0.416 e. The number of hydrogen-bond acceptors (Lipinski definition) is 4. The number of alkyl halides is 9. The van der Waals surface area contributed by atoms with Crippen molar-refractivity contribution >= 4 is 21.7 Å². The molecule has 2 amide bonds. The standard InChI is InChI=1S/C20H16F9N3O4S/c21-18(22,23)11-2-1-3-16(9-11)37(34,35)32-5-4-15(10-32)36-31-17(33)30-14-7-12(19(24,25)26)6-13(8-14)20(27,28)29/h1-3,6-9,15H,4-5,10H2,(H2,30,31,33). The second-order valence-electron chi connectivity index (χ2n) is 7.77. The van der Waals surface area contributed by atoms with E-state index in [2.05, 4.69) is 0 Å². The summed E-state index contributed by atoms with van der Waals surface area (Å²) in [5.74, 6) is 0. The number of benzene rings is 2. The van der Waals surface area contributed by atoms with Crippen LogP contribution in [0, 0.1) is 0 Å². The molecular weight excluding hydrogens is 549 g/mol. The van der Waals surface area contributed by atoms with Gasteiger partial charge in [0, 0.05) is 18.8 Å². The number of rotatable bonds is 5. The molecule has 0 radical (unpaired) electrons. The van der Waals surface area contributed by atoms with E-state index >= 15 is 0 Å². The fourth-order valence-corrected chi connectivity index (χ4v) is 4.85. The van der Waals surface area contributed by atoms with Crippen LogP contribution >= 0.6 is 0 Å². The van der Waals surface area contributed by atoms with Gasteiger partial charge in [0.25, 0.3) is 0 Å². The van der Waals surface area contributed by atoms with Crippen LogP contribution in [0.5, 0.6) is 0 Å². The maximum atomic E-state index is 12.9. The van der Waals surface area contributed by atoms with Crippen LogP contribution in [-0.2, 0) is 33.4 Å². The molecule has 1 fully saturated rings. The molecule has 2 N–H and O–H groups in total. The summed E-state index contributed by atoms with van der Waals surface area (Å²) in [5, 5.41) is 1.77. The number of halogens is 9. The van der Waals surface area contributed by atoms with Crippen LogP contribution in [0.3, 0.4) is 0 Å². The van der Waals surface area contributed by atoms with Crippen LogP contribution in [0.4, 0.5) is 50.0 Å².